The Bertz CT molecular complexity index is 502. The third-order valence-corrected chi connectivity index (χ3v) is 3.67. The number of alkyl halides is 3. The number of carbonyl (C=O) groups is 1. The first-order chi connectivity index (χ1) is 9.84. The summed E-state index contributed by atoms with van der Waals surface area (Å²) in [6.45, 7) is 0.808. The van der Waals surface area contributed by atoms with Crippen LogP contribution in [0.3, 0.4) is 0 Å². The lowest BCUT2D eigenvalue weighted by Crippen LogP contribution is -2.40. The lowest BCUT2D eigenvalue weighted by atomic mass is 10.2. The maximum absolute atomic E-state index is 12.5. The Hall–Kier alpha value is -1.60. The SMILES string of the molecule is CN(CCO)C1CCN(c2ccc(C(F)(F)F)cc2)C1=O. The molecule has 1 N–H and O–H groups in total. The van der Waals surface area contributed by atoms with E-state index in [1.807, 2.05) is 0 Å². The van der Waals surface area contributed by atoms with Crippen molar-refractivity contribution < 1.29 is 23.1 Å². The molecule has 0 bridgehead atoms. The molecular formula is C14H17F3N2O2. The molecule has 1 fully saturated rings. The van der Waals surface area contributed by atoms with E-state index in [2.05, 4.69) is 0 Å². The molecule has 116 valence electrons. The van der Waals surface area contributed by atoms with E-state index in [1.54, 1.807) is 11.9 Å². The number of aliphatic hydroxyl groups is 1. The molecule has 1 atom stereocenters. The molecule has 1 aliphatic rings. The highest BCUT2D eigenvalue weighted by molar-refractivity contribution is 5.99. The van der Waals surface area contributed by atoms with Gasteiger partial charge in [0.25, 0.3) is 0 Å². The summed E-state index contributed by atoms with van der Waals surface area (Å²) in [6, 6.07) is 4.25. The summed E-state index contributed by atoms with van der Waals surface area (Å²) < 4.78 is 37.5. The van der Waals surface area contributed by atoms with E-state index in [0.717, 1.165) is 12.1 Å². The van der Waals surface area contributed by atoms with Gasteiger partial charge in [-0.1, -0.05) is 0 Å². The minimum atomic E-state index is -4.38. The molecule has 1 aromatic rings. The number of halogens is 3. The van der Waals surface area contributed by atoms with Crippen LogP contribution in [0.2, 0.25) is 0 Å². The summed E-state index contributed by atoms with van der Waals surface area (Å²) in [5, 5.41) is 8.90. The topological polar surface area (TPSA) is 43.8 Å². The third-order valence-electron chi connectivity index (χ3n) is 3.67. The van der Waals surface area contributed by atoms with Gasteiger partial charge in [-0.05, 0) is 37.7 Å². The summed E-state index contributed by atoms with van der Waals surface area (Å²) in [5.41, 5.74) is -0.264. The van der Waals surface area contributed by atoms with Gasteiger partial charge in [-0.2, -0.15) is 13.2 Å². The van der Waals surface area contributed by atoms with E-state index in [4.69, 9.17) is 5.11 Å². The van der Waals surface area contributed by atoms with Crippen molar-refractivity contribution in [3.8, 4) is 0 Å². The van der Waals surface area contributed by atoms with Crippen molar-refractivity contribution in [2.24, 2.45) is 0 Å². The van der Waals surface area contributed by atoms with Crippen molar-refractivity contribution in [2.75, 3.05) is 31.6 Å². The summed E-state index contributed by atoms with van der Waals surface area (Å²) in [4.78, 5) is 15.5. The number of likely N-dealkylation sites (N-methyl/N-ethyl adjacent to an activating group) is 1. The van der Waals surface area contributed by atoms with E-state index in [9.17, 15) is 18.0 Å². The lowest BCUT2D eigenvalue weighted by molar-refractivity contribution is -0.137. The highest BCUT2D eigenvalue weighted by atomic mass is 19.4. The van der Waals surface area contributed by atoms with Crippen molar-refractivity contribution in [1.82, 2.24) is 4.90 Å². The first kappa shape index (κ1) is 15.8. The Morgan fingerprint density at radius 3 is 2.48 bits per heavy atom. The molecule has 1 saturated heterocycles. The van der Waals surface area contributed by atoms with Crippen LogP contribution in [0.25, 0.3) is 0 Å². The van der Waals surface area contributed by atoms with Gasteiger partial charge in [-0.15, -0.1) is 0 Å². The Morgan fingerprint density at radius 1 is 1.33 bits per heavy atom. The van der Waals surface area contributed by atoms with Gasteiger partial charge in [0.2, 0.25) is 5.91 Å². The maximum atomic E-state index is 12.5. The average Bonchev–Trinajstić information content (AvgIpc) is 2.80. The largest absolute Gasteiger partial charge is 0.416 e. The van der Waals surface area contributed by atoms with Gasteiger partial charge in [-0.25, -0.2) is 0 Å². The molecule has 1 heterocycles. The van der Waals surface area contributed by atoms with Gasteiger partial charge in [0.15, 0.2) is 0 Å². The van der Waals surface area contributed by atoms with Gasteiger partial charge in [-0.3, -0.25) is 9.69 Å². The Morgan fingerprint density at radius 2 is 1.95 bits per heavy atom. The van der Waals surface area contributed by atoms with E-state index in [-0.39, 0.29) is 18.6 Å². The van der Waals surface area contributed by atoms with Crippen LogP contribution in [-0.2, 0) is 11.0 Å². The number of anilines is 1. The first-order valence-corrected chi connectivity index (χ1v) is 6.64. The summed E-state index contributed by atoms with van der Waals surface area (Å²) in [5.74, 6) is -0.147. The Kier molecular flexibility index (Phi) is 4.53. The van der Waals surface area contributed by atoms with Crippen molar-refractivity contribution in [1.29, 1.82) is 0 Å². The molecule has 1 unspecified atom stereocenters. The quantitative estimate of drug-likeness (QED) is 0.921. The number of hydrogen-bond acceptors (Lipinski definition) is 3. The van der Waals surface area contributed by atoms with Crippen molar-refractivity contribution in [3.05, 3.63) is 29.8 Å². The first-order valence-electron chi connectivity index (χ1n) is 6.64. The van der Waals surface area contributed by atoms with Crippen LogP contribution in [-0.4, -0.2) is 48.7 Å². The molecule has 1 aromatic carbocycles. The smallest absolute Gasteiger partial charge is 0.395 e. The van der Waals surface area contributed by atoms with E-state index in [0.29, 0.717) is 25.2 Å². The zero-order chi connectivity index (χ0) is 15.6. The standard InChI is InChI=1S/C14H17F3N2O2/c1-18(8-9-20)12-6-7-19(13(12)21)11-4-2-10(3-5-11)14(15,16)17/h2-5,12,20H,6-9H2,1H3. The molecule has 4 nitrogen and oxygen atoms in total. The molecule has 21 heavy (non-hydrogen) atoms. The van der Waals surface area contributed by atoms with E-state index < -0.39 is 11.7 Å². The van der Waals surface area contributed by atoms with Crippen LogP contribution in [0.4, 0.5) is 18.9 Å². The number of nitrogens with zero attached hydrogens (tertiary/aromatic N) is 2. The van der Waals surface area contributed by atoms with Crippen molar-refractivity contribution in [3.63, 3.8) is 0 Å². The number of aliphatic hydroxyl groups excluding tert-OH is 1. The molecule has 1 amide bonds. The zero-order valence-electron chi connectivity index (χ0n) is 11.6. The second-order valence-corrected chi connectivity index (χ2v) is 5.04. The van der Waals surface area contributed by atoms with Gasteiger partial charge >= 0.3 is 6.18 Å². The van der Waals surface area contributed by atoms with Gasteiger partial charge < -0.3 is 10.0 Å². The molecular weight excluding hydrogens is 285 g/mol. The highest BCUT2D eigenvalue weighted by Gasteiger charge is 2.35. The molecule has 0 radical (unpaired) electrons. The fraction of sp³-hybridized carbons (Fsp3) is 0.500. The molecule has 2 rings (SSSR count). The van der Waals surface area contributed by atoms with Crippen LogP contribution in [0.15, 0.2) is 24.3 Å². The molecule has 7 heteroatoms. The van der Waals surface area contributed by atoms with Gasteiger partial charge in [0.05, 0.1) is 18.2 Å². The minimum absolute atomic E-state index is 0.0411. The summed E-state index contributed by atoms with van der Waals surface area (Å²) >= 11 is 0. The van der Waals surface area contributed by atoms with Crippen molar-refractivity contribution in [2.45, 2.75) is 18.6 Å². The van der Waals surface area contributed by atoms with Crippen LogP contribution in [0, 0.1) is 0 Å². The second kappa shape index (κ2) is 6.03. The number of amides is 1. The van der Waals surface area contributed by atoms with Crippen molar-refractivity contribution >= 4 is 11.6 Å². The second-order valence-electron chi connectivity index (χ2n) is 5.04. The van der Waals surface area contributed by atoms with Crippen LogP contribution in [0.1, 0.15) is 12.0 Å². The van der Waals surface area contributed by atoms with E-state index in [1.165, 1.54) is 17.0 Å². The molecule has 0 aliphatic carbocycles. The minimum Gasteiger partial charge on any atom is -0.395 e. The number of rotatable bonds is 4. The molecule has 0 aromatic heterocycles. The summed E-state index contributed by atoms with van der Waals surface area (Å²) in [6.07, 6.45) is -3.78. The molecule has 1 aliphatic heterocycles. The zero-order valence-corrected chi connectivity index (χ0v) is 11.6. The lowest BCUT2D eigenvalue weighted by Gasteiger charge is -2.23. The van der Waals surface area contributed by atoms with Gasteiger partial charge in [0, 0.05) is 18.8 Å². The fourth-order valence-electron chi connectivity index (χ4n) is 2.47. The fourth-order valence-corrected chi connectivity index (χ4v) is 2.47. The van der Waals surface area contributed by atoms with Crippen LogP contribution in [0.5, 0.6) is 0 Å². The van der Waals surface area contributed by atoms with Gasteiger partial charge in [0.1, 0.15) is 0 Å². The normalized spacial score (nSPS) is 19.6. The molecule has 0 spiro atoms. The number of carbonyl (C=O) groups excluding carboxylic acids is 1. The monoisotopic (exact) mass is 302 g/mol. The van der Waals surface area contributed by atoms with E-state index >= 15 is 0 Å². The van der Waals surface area contributed by atoms with Crippen LogP contribution < -0.4 is 4.90 Å². The summed E-state index contributed by atoms with van der Waals surface area (Å²) in [7, 11) is 1.75. The number of benzene rings is 1. The Labute approximate surface area is 120 Å². The highest BCUT2D eigenvalue weighted by Crippen LogP contribution is 2.31. The number of hydrogen-bond donors (Lipinski definition) is 1. The van der Waals surface area contributed by atoms with Crippen LogP contribution >= 0.6 is 0 Å². The predicted molar refractivity (Wildman–Crippen MR) is 71.9 cm³/mol. The predicted octanol–water partition coefficient (Wildman–Crippen LogP) is 1.73. The third kappa shape index (κ3) is 3.36. The molecule has 0 saturated carbocycles. The average molecular weight is 302 g/mol. The maximum Gasteiger partial charge on any atom is 0.416 e. The Balaban J connectivity index is 2.11.